The number of rotatable bonds is 2. The molecule has 0 radical (unpaired) electrons. The van der Waals surface area contributed by atoms with Crippen LogP contribution < -0.4 is 10.1 Å². The Kier molecular flexibility index (Phi) is 2.99. The molecule has 2 atom stereocenters. The molecule has 2 aliphatic rings. The molecule has 2 heterocycles. The van der Waals surface area contributed by atoms with E-state index >= 15 is 0 Å². The van der Waals surface area contributed by atoms with Crippen LogP contribution in [0.25, 0.3) is 0 Å². The lowest BCUT2D eigenvalue weighted by atomic mass is 9.86. The van der Waals surface area contributed by atoms with Crippen LogP contribution in [0.4, 0.5) is 13.2 Å². The molecule has 110 valence electrons. The standard InChI is InChI=1S/C14H16F3NO2/c1-8-11(19-2)4-3-10(12(8)14(15,16)17)13-5-9(6-20-13)18-7-13/h3-4,9,18H,5-7H2,1-2H3. The van der Waals surface area contributed by atoms with Gasteiger partial charge in [0.2, 0.25) is 0 Å². The zero-order chi connectivity index (χ0) is 14.5. The number of hydrogen-bond donors (Lipinski definition) is 1. The number of methoxy groups -OCH3 is 1. The Morgan fingerprint density at radius 3 is 2.60 bits per heavy atom. The minimum Gasteiger partial charge on any atom is -0.496 e. The largest absolute Gasteiger partial charge is 0.496 e. The van der Waals surface area contributed by atoms with E-state index in [-0.39, 0.29) is 22.9 Å². The van der Waals surface area contributed by atoms with Crippen LogP contribution >= 0.6 is 0 Å². The van der Waals surface area contributed by atoms with Crippen molar-refractivity contribution >= 4 is 0 Å². The Morgan fingerprint density at radius 2 is 2.15 bits per heavy atom. The molecular formula is C14H16F3NO2. The fraction of sp³-hybridized carbons (Fsp3) is 0.571. The highest BCUT2D eigenvalue weighted by molar-refractivity contribution is 5.49. The van der Waals surface area contributed by atoms with Crippen molar-refractivity contribution in [3.63, 3.8) is 0 Å². The average molecular weight is 287 g/mol. The molecule has 2 aliphatic heterocycles. The van der Waals surface area contributed by atoms with Gasteiger partial charge in [0.15, 0.2) is 0 Å². The minimum atomic E-state index is -4.42. The molecule has 2 fully saturated rings. The van der Waals surface area contributed by atoms with Crippen LogP contribution in [0.5, 0.6) is 5.75 Å². The molecule has 3 rings (SSSR count). The summed E-state index contributed by atoms with van der Waals surface area (Å²) in [6, 6.07) is 3.23. The summed E-state index contributed by atoms with van der Waals surface area (Å²) in [5.41, 5.74) is -1.14. The molecule has 0 saturated carbocycles. The molecule has 2 saturated heterocycles. The second-order valence-electron chi connectivity index (χ2n) is 5.40. The summed E-state index contributed by atoms with van der Waals surface area (Å²) < 4.78 is 51.1. The summed E-state index contributed by atoms with van der Waals surface area (Å²) in [6.07, 6.45) is -3.84. The van der Waals surface area contributed by atoms with E-state index in [0.29, 0.717) is 19.6 Å². The molecule has 6 heteroatoms. The highest BCUT2D eigenvalue weighted by Gasteiger charge is 2.51. The van der Waals surface area contributed by atoms with Gasteiger partial charge in [0.25, 0.3) is 0 Å². The molecule has 0 amide bonds. The Morgan fingerprint density at radius 1 is 1.40 bits per heavy atom. The predicted octanol–water partition coefficient (Wildman–Crippen LogP) is 2.61. The lowest BCUT2D eigenvalue weighted by Gasteiger charge is -2.31. The van der Waals surface area contributed by atoms with Gasteiger partial charge in [-0.1, -0.05) is 6.07 Å². The van der Waals surface area contributed by atoms with Gasteiger partial charge >= 0.3 is 6.18 Å². The molecule has 2 bridgehead atoms. The number of alkyl halides is 3. The first-order valence-electron chi connectivity index (χ1n) is 6.50. The highest BCUT2D eigenvalue weighted by atomic mass is 19.4. The number of benzene rings is 1. The maximum atomic E-state index is 13.5. The van der Waals surface area contributed by atoms with Gasteiger partial charge in [-0.15, -0.1) is 0 Å². The second kappa shape index (κ2) is 4.36. The Balaban J connectivity index is 2.18. The first-order valence-corrected chi connectivity index (χ1v) is 6.50. The van der Waals surface area contributed by atoms with Crippen LogP contribution in [0.1, 0.15) is 23.1 Å². The Labute approximate surface area is 115 Å². The summed E-state index contributed by atoms with van der Waals surface area (Å²) in [4.78, 5) is 0. The average Bonchev–Trinajstić information content (AvgIpc) is 2.98. The molecule has 20 heavy (non-hydrogen) atoms. The molecule has 1 N–H and O–H groups in total. The van der Waals surface area contributed by atoms with E-state index in [2.05, 4.69) is 5.32 Å². The third-order valence-electron chi connectivity index (χ3n) is 4.22. The summed E-state index contributed by atoms with van der Waals surface area (Å²) in [5.74, 6) is 0.248. The first-order chi connectivity index (χ1) is 9.37. The maximum Gasteiger partial charge on any atom is 0.417 e. The van der Waals surface area contributed by atoms with E-state index in [9.17, 15) is 13.2 Å². The van der Waals surface area contributed by atoms with Crippen molar-refractivity contribution in [1.82, 2.24) is 5.32 Å². The summed E-state index contributed by atoms with van der Waals surface area (Å²) in [5, 5.41) is 3.20. The lowest BCUT2D eigenvalue weighted by Crippen LogP contribution is -2.38. The fourth-order valence-electron chi connectivity index (χ4n) is 3.28. The van der Waals surface area contributed by atoms with E-state index in [4.69, 9.17) is 9.47 Å². The Bertz CT molecular complexity index is 534. The van der Waals surface area contributed by atoms with Crippen molar-refractivity contribution in [1.29, 1.82) is 0 Å². The van der Waals surface area contributed by atoms with Gasteiger partial charge in [0, 0.05) is 18.2 Å². The van der Waals surface area contributed by atoms with E-state index < -0.39 is 17.3 Å². The van der Waals surface area contributed by atoms with Gasteiger partial charge in [-0.2, -0.15) is 13.2 Å². The molecule has 0 aromatic heterocycles. The van der Waals surface area contributed by atoms with Gasteiger partial charge < -0.3 is 14.8 Å². The smallest absolute Gasteiger partial charge is 0.417 e. The van der Waals surface area contributed by atoms with Crippen LogP contribution in [0, 0.1) is 6.92 Å². The van der Waals surface area contributed by atoms with Crippen molar-refractivity contribution in [3.8, 4) is 5.75 Å². The normalized spacial score (nSPS) is 28.9. The third kappa shape index (κ3) is 1.90. The van der Waals surface area contributed by atoms with Gasteiger partial charge in [-0.25, -0.2) is 0 Å². The zero-order valence-corrected chi connectivity index (χ0v) is 11.3. The SMILES string of the molecule is COc1ccc(C23CNC(CO2)C3)c(C(F)(F)F)c1C. The molecule has 2 unspecified atom stereocenters. The van der Waals surface area contributed by atoms with Crippen molar-refractivity contribution in [3.05, 3.63) is 28.8 Å². The fourth-order valence-corrected chi connectivity index (χ4v) is 3.28. The molecule has 1 aromatic rings. The first kappa shape index (κ1) is 13.7. The topological polar surface area (TPSA) is 30.5 Å². The van der Waals surface area contributed by atoms with Crippen LogP contribution in [0.3, 0.4) is 0 Å². The number of halogens is 3. The maximum absolute atomic E-state index is 13.5. The van der Waals surface area contributed by atoms with Crippen LogP contribution in [0.15, 0.2) is 12.1 Å². The van der Waals surface area contributed by atoms with Crippen molar-refractivity contribution < 1.29 is 22.6 Å². The third-order valence-corrected chi connectivity index (χ3v) is 4.22. The highest BCUT2D eigenvalue weighted by Crippen LogP contribution is 2.48. The van der Waals surface area contributed by atoms with Gasteiger partial charge in [0.05, 0.1) is 19.3 Å². The van der Waals surface area contributed by atoms with Crippen LogP contribution in [-0.2, 0) is 16.5 Å². The quantitative estimate of drug-likeness (QED) is 0.907. The summed E-state index contributed by atoms with van der Waals surface area (Å²) in [7, 11) is 1.37. The monoisotopic (exact) mass is 287 g/mol. The minimum absolute atomic E-state index is 0.117. The molecule has 1 aromatic carbocycles. The number of ether oxygens (including phenoxy) is 2. The van der Waals surface area contributed by atoms with Gasteiger partial charge in [-0.05, 0) is 25.0 Å². The number of fused-ring (bicyclic) bond motifs is 2. The number of hydrogen-bond acceptors (Lipinski definition) is 3. The molecule has 0 spiro atoms. The van der Waals surface area contributed by atoms with Crippen LogP contribution in [0.2, 0.25) is 0 Å². The van der Waals surface area contributed by atoms with E-state index in [1.807, 2.05) is 0 Å². The zero-order valence-electron chi connectivity index (χ0n) is 11.3. The van der Waals surface area contributed by atoms with Crippen molar-refractivity contribution in [2.75, 3.05) is 20.3 Å². The van der Waals surface area contributed by atoms with E-state index in [0.717, 1.165) is 0 Å². The molecule has 3 nitrogen and oxygen atoms in total. The molecule has 0 aliphatic carbocycles. The van der Waals surface area contributed by atoms with Gasteiger partial charge in [-0.3, -0.25) is 0 Å². The second-order valence-corrected chi connectivity index (χ2v) is 5.40. The number of nitrogens with one attached hydrogen (secondary N) is 1. The van der Waals surface area contributed by atoms with E-state index in [1.165, 1.54) is 20.1 Å². The molecular weight excluding hydrogens is 271 g/mol. The van der Waals surface area contributed by atoms with Gasteiger partial charge in [0.1, 0.15) is 11.4 Å². The van der Waals surface area contributed by atoms with Crippen molar-refractivity contribution in [2.45, 2.75) is 31.2 Å². The van der Waals surface area contributed by atoms with E-state index in [1.54, 1.807) is 6.07 Å². The summed E-state index contributed by atoms with van der Waals surface area (Å²) >= 11 is 0. The van der Waals surface area contributed by atoms with Crippen molar-refractivity contribution in [2.24, 2.45) is 0 Å². The lowest BCUT2D eigenvalue weighted by molar-refractivity contribution is -0.141. The predicted molar refractivity (Wildman–Crippen MR) is 66.8 cm³/mol. The van der Waals surface area contributed by atoms with Crippen LogP contribution in [-0.4, -0.2) is 26.3 Å². The Hall–Kier alpha value is -1.27. The number of morpholine rings is 1. The summed E-state index contributed by atoms with van der Waals surface area (Å²) in [6.45, 7) is 2.32.